The Balaban J connectivity index is 1.93. The molecule has 1 atom stereocenters. The highest BCUT2D eigenvalue weighted by Gasteiger charge is 2.45. The van der Waals surface area contributed by atoms with E-state index >= 15 is 0 Å². The van der Waals surface area contributed by atoms with E-state index in [-0.39, 0.29) is 6.42 Å². The van der Waals surface area contributed by atoms with Crippen LogP contribution < -0.4 is 10.2 Å². The van der Waals surface area contributed by atoms with Crippen LogP contribution in [-0.4, -0.2) is 31.6 Å². The molecule has 1 N–H and O–H groups in total. The number of halogens is 2. The van der Waals surface area contributed by atoms with Gasteiger partial charge in [-0.25, -0.2) is 8.78 Å². The van der Waals surface area contributed by atoms with Crippen LogP contribution >= 0.6 is 0 Å². The minimum absolute atomic E-state index is 0.0592. The van der Waals surface area contributed by atoms with Crippen molar-refractivity contribution in [2.24, 2.45) is 0 Å². The molecule has 2 aliphatic rings. The van der Waals surface area contributed by atoms with E-state index in [4.69, 9.17) is 0 Å². The third-order valence-corrected chi connectivity index (χ3v) is 3.98. The fraction of sp³-hybridized carbons (Fsp3) is 0.571. The predicted octanol–water partition coefficient (Wildman–Crippen LogP) is 2.44. The van der Waals surface area contributed by atoms with Gasteiger partial charge in [0.25, 0.3) is 5.92 Å². The Morgan fingerprint density at radius 1 is 1.28 bits per heavy atom. The number of hydrogen-bond acceptors (Lipinski definition) is 2. The molecule has 2 nitrogen and oxygen atoms in total. The first-order valence-electron chi connectivity index (χ1n) is 6.61. The van der Waals surface area contributed by atoms with Gasteiger partial charge in [0.2, 0.25) is 0 Å². The average Bonchev–Trinajstić information content (AvgIpc) is 2.38. The lowest BCUT2D eigenvalue weighted by Gasteiger charge is -2.43. The van der Waals surface area contributed by atoms with Gasteiger partial charge >= 0.3 is 0 Å². The zero-order chi connectivity index (χ0) is 12.6. The predicted molar refractivity (Wildman–Crippen MR) is 68.3 cm³/mol. The molecule has 0 spiro atoms. The van der Waals surface area contributed by atoms with E-state index in [1.807, 2.05) is 23.1 Å². The Hall–Kier alpha value is -1.16. The molecule has 4 heteroatoms. The number of anilines is 1. The van der Waals surface area contributed by atoms with E-state index in [2.05, 4.69) is 11.4 Å². The van der Waals surface area contributed by atoms with Gasteiger partial charge in [0.1, 0.15) is 6.04 Å². The van der Waals surface area contributed by atoms with Crippen molar-refractivity contribution in [3.63, 3.8) is 0 Å². The fourth-order valence-corrected chi connectivity index (χ4v) is 3.03. The van der Waals surface area contributed by atoms with Crippen LogP contribution in [0.2, 0.25) is 0 Å². The van der Waals surface area contributed by atoms with Gasteiger partial charge in [-0.3, -0.25) is 0 Å². The molecule has 18 heavy (non-hydrogen) atoms. The summed E-state index contributed by atoms with van der Waals surface area (Å²) in [5.74, 6) is -2.59. The number of fused-ring (bicyclic) bond motifs is 1. The Bertz CT molecular complexity index is 434. The molecule has 0 aliphatic carbocycles. The van der Waals surface area contributed by atoms with Crippen molar-refractivity contribution in [1.29, 1.82) is 0 Å². The van der Waals surface area contributed by atoms with E-state index in [1.165, 1.54) is 5.56 Å². The maximum Gasteiger partial charge on any atom is 0.270 e. The molecule has 0 saturated carbocycles. The first kappa shape index (κ1) is 11.9. The molecule has 0 aromatic heterocycles. The standard InChI is InChI=1S/C14H18F2N2/c15-14(16)7-8-17-10-13(14)18-9-3-5-11-4-1-2-6-12(11)18/h1-2,4,6,13,17H,3,5,7-10H2/t13-/m0/s1. The van der Waals surface area contributed by atoms with Crippen LogP contribution in [0, 0.1) is 0 Å². The highest BCUT2D eigenvalue weighted by atomic mass is 19.3. The Labute approximate surface area is 106 Å². The maximum absolute atomic E-state index is 14.1. The van der Waals surface area contributed by atoms with E-state index in [0.717, 1.165) is 25.1 Å². The summed E-state index contributed by atoms with van der Waals surface area (Å²) in [6, 6.07) is 7.24. The summed E-state index contributed by atoms with van der Waals surface area (Å²) in [7, 11) is 0. The lowest BCUT2D eigenvalue weighted by atomic mass is 9.95. The summed E-state index contributed by atoms with van der Waals surface area (Å²) >= 11 is 0. The Morgan fingerprint density at radius 3 is 2.94 bits per heavy atom. The van der Waals surface area contributed by atoms with Crippen molar-refractivity contribution in [2.75, 3.05) is 24.5 Å². The second-order valence-electron chi connectivity index (χ2n) is 5.16. The molecule has 1 fully saturated rings. The quantitative estimate of drug-likeness (QED) is 0.826. The van der Waals surface area contributed by atoms with Crippen LogP contribution in [0.4, 0.5) is 14.5 Å². The van der Waals surface area contributed by atoms with Gasteiger partial charge in [0.15, 0.2) is 0 Å². The van der Waals surface area contributed by atoms with Gasteiger partial charge in [0.05, 0.1) is 0 Å². The minimum atomic E-state index is -2.59. The van der Waals surface area contributed by atoms with Crippen LogP contribution in [0.15, 0.2) is 24.3 Å². The number of para-hydroxylation sites is 1. The van der Waals surface area contributed by atoms with Crippen LogP contribution in [-0.2, 0) is 6.42 Å². The topological polar surface area (TPSA) is 15.3 Å². The smallest absolute Gasteiger partial charge is 0.270 e. The van der Waals surface area contributed by atoms with Crippen LogP contribution in [0.25, 0.3) is 0 Å². The van der Waals surface area contributed by atoms with Crippen molar-refractivity contribution in [2.45, 2.75) is 31.2 Å². The Kier molecular flexibility index (Phi) is 2.98. The number of alkyl halides is 2. The fourth-order valence-electron chi connectivity index (χ4n) is 3.03. The number of aryl methyl sites for hydroxylation is 1. The summed E-state index contributed by atoms with van der Waals surface area (Å²) < 4.78 is 28.1. The highest BCUT2D eigenvalue weighted by molar-refractivity contribution is 5.56. The molecule has 1 saturated heterocycles. The molecule has 0 unspecified atom stereocenters. The number of rotatable bonds is 1. The molecule has 3 rings (SSSR count). The van der Waals surface area contributed by atoms with Crippen molar-refractivity contribution >= 4 is 5.69 Å². The highest BCUT2D eigenvalue weighted by Crippen LogP contribution is 2.36. The Morgan fingerprint density at radius 2 is 2.11 bits per heavy atom. The second kappa shape index (κ2) is 4.50. The van der Waals surface area contributed by atoms with Crippen molar-refractivity contribution in [1.82, 2.24) is 5.32 Å². The van der Waals surface area contributed by atoms with Gasteiger partial charge in [-0.2, -0.15) is 0 Å². The molecule has 2 heterocycles. The number of benzene rings is 1. The largest absolute Gasteiger partial charge is 0.361 e. The van der Waals surface area contributed by atoms with Gasteiger partial charge in [-0.1, -0.05) is 18.2 Å². The number of hydrogen-bond donors (Lipinski definition) is 1. The zero-order valence-corrected chi connectivity index (χ0v) is 10.3. The summed E-state index contributed by atoms with van der Waals surface area (Å²) in [6.07, 6.45) is 1.90. The normalized spacial score (nSPS) is 26.8. The van der Waals surface area contributed by atoms with Crippen molar-refractivity contribution in [3.05, 3.63) is 29.8 Å². The second-order valence-corrected chi connectivity index (χ2v) is 5.16. The van der Waals surface area contributed by atoms with Gasteiger partial charge in [-0.15, -0.1) is 0 Å². The van der Waals surface area contributed by atoms with Crippen molar-refractivity contribution < 1.29 is 8.78 Å². The zero-order valence-electron chi connectivity index (χ0n) is 10.3. The lowest BCUT2D eigenvalue weighted by Crippen LogP contribution is -2.58. The molecule has 0 radical (unpaired) electrons. The minimum Gasteiger partial charge on any atom is -0.361 e. The van der Waals surface area contributed by atoms with E-state index < -0.39 is 12.0 Å². The number of nitrogens with one attached hydrogen (secondary N) is 1. The third kappa shape index (κ3) is 1.99. The number of nitrogens with zero attached hydrogens (tertiary/aromatic N) is 1. The third-order valence-electron chi connectivity index (χ3n) is 3.98. The first-order valence-corrected chi connectivity index (χ1v) is 6.61. The lowest BCUT2D eigenvalue weighted by molar-refractivity contribution is -0.0476. The summed E-state index contributed by atoms with van der Waals surface area (Å²) in [6.45, 7) is 1.53. The van der Waals surface area contributed by atoms with E-state index in [0.29, 0.717) is 13.1 Å². The first-order chi connectivity index (χ1) is 8.68. The molecule has 0 amide bonds. The van der Waals surface area contributed by atoms with Crippen LogP contribution in [0.3, 0.4) is 0 Å². The van der Waals surface area contributed by atoms with Crippen molar-refractivity contribution in [3.8, 4) is 0 Å². The molecule has 2 aliphatic heterocycles. The van der Waals surface area contributed by atoms with Gasteiger partial charge in [-0.05, 0) is 24.5 Å². The van der Waals surface area contributed by atoms with Gasteiger partial charge < -0.3 is 10.2 Å². The van der Waals surface area contributed by atoms with E-state index in [1.54, 1.807) is 0 Å². The molecule has 0 bridgehead atoms. The summed E-state index contributed by atoms with van der Waals surface area (Å²) in [5.41, 5.74) is 2.20. The number of piperidine rings is 1. The summed E-state index contributed by atoms with van der Waals surface area (Å²) in [5, 5.41) is 3.10. The summed E-state index contributed by atoms with van der Waals surface area (Å²) in [4.78, 5) is 1.91. The molecule has 1 aromatic carbocycles. The molecular weight excluding hydrogens is 234 g/mol. The van der Waals surface area contributed by atoms with Crippen LogP contribution in [0.5, 0.6) is 0 Å². The van der Waals surface area contributed by atoms with Gasteiger partial charge in [0, 0.05) is 31.7 Å². The van der Waals surface area contributed by atoms with Crippen LogP contribution in [0.1, 0.15) is 18.4 Å². The van der Waals surface area contributed by atoms with E-state index in [9.17, 15) is 8.78 Å². The molecule has 98 valence electrons. The maximum atomic E-state index is 14.1. The average molecular weight is 252 g/mol. The molecular formula is C14H18F2N2. The monoisotopic (exact) mass is 252 g/mol. The SMILES string of the molecule is FC1(F)CCNC[C@@H]1N1CCCc2ccccc21. The molecule has 1 aromatic rings.